The third kappa shape index (κ3) is 5.01. The molecule has 188 valence electrons. The Bertz CT molecular complexity index is 1270. The fourth-order valence-electron chi connectivity index (χ4n) is 6.35. The fraction of sp³-hybridized carbons (Fsp3) is 0.0270. The van der Waals surface area contributed by atoms with Gasteiger partial charge in [-0.25, -0.2) is 0 Å². The van der Waals surface area contributed by atoms with Crippen LogP contribution >= 0.6 is 0 Å². The van der Waals surface area contributed by atoms with E-state index in [4.69, 9.17) is 0 Å². The quantitative estimate of drug-likeness (QED) is 0.198. The molecule has 6 rings (SSSR count). The van der Waals surface area contributed by atoms with Crippen LogP contribution in [-0.2, 0) is 0 Å². The Morgan fingerprint density at radius 2 is 0.385 bits per heavy atom. The first kappa shape index (κ1) is 26.2. The summed E-state index contributed by atoms with van der Waals surface area (Å²) in [5, 5.41) is 0. The Labute approximate surface area is 240 Å². The van der Waals surface area contributed by atoms with Crippen LogP contribution in [0.4, 0.5) is 0 Å². The molecule has 0 atom stereocenters. The van der Waals surface area contributed by atoms with Gasteiger partial charge in [-0.15, -0.1) is 0 Å². The van der Waals surface area contributed by atoms with Crippen LogP contribution in [-0.4, -0.2) is 36.8 Å². The summed E-state index contributed by atoms with van der Waals surface area (Å²) in [6.07, 6.45) is 0. The molecule has 0 unspecified atom stereocenters. The van der Waals surface area contributed by atoms with Gasteiger partial charge in [-0.1, -0.05) is 0 Å². The van der Waals surface area contributed by atoms with Crippen LogP contribution in [0, 0.1) is 0 Å². The summed E-state index contributed by atoms with van der Waals surface area (Å²) in [5.41, 5.74) is 0. The van der Waals surface area contributed by atoms with E-state index in [-0.39, 0.29) is 0 Å². The molecule has 0 nitrogen and oxygen atoms in total. The van der Waals surface area contributed by atoms with E-state index in [1.165, 1.54) is 2.45 Å². The van der Waals surface area contributed by atoms with Crippen LogP contribution in [0.5, 0.6) is 0 Å². The van der Waals surface area contributed by atoms with Crippen molar-refractivity contribution in [3.63, 3.8) is 0 Å². The maximum absolute atomic E-state index is 3.63. The van der Waals surface area contributed by atoms with Crippen molar-refractivity contribution in [3.05, 3.63) is 182 Å². The summed E-state index contributed by atoms with van der Waals surface area (Å²) in [5.74, 6) is 0. The van der Waals surface area contributed by atoms with Gasteiger partial charge in [-0.05, 0) is 0 Å². The fourth-order valence-corrected chi connectivity index (χ4v) is 69.5. The zero-order valence-electron chi connectivity index (χ0n) is 22.0. The van der Waals surface area contributed by atoms with Gasteiger partial charge in [0.25, 0.3) is 0 Å². The second kappa shape index (κ2) is 12.0. The molecular weight excluding hydrogens is 682 g/mol. The minimum atomic E-state index is -3.63. The number of hydrogen-bond acceptors (Lipinski definition) is 0. The van der Waals surface area contributed by atoms with Gasteiger partial charge in [0.05, 0.1) is 0 Å². The van der Waals surface area contributed by atoms with Crippen molar-refractivity contribution in [1.29, 1.82) is 0 Å². The van der Waals surface area contributed by atoms with Crippen LogP contribution in [0.25, 0.3) is 0 Å². The van der Waals surface area contributed by atoms with Crippen LogP contribution in [0.1, 0.15) is 0 Å². The van der Waals surface area contributed by atoms with Crippen LogP contribution < -0.4 is 21.5 Å². The van der Waals surface area contributed by atoms with Crippen molar-refractivity contribution >= 4 is 58.2 Å². The monoisotopic (exact) mass is 716 g/mol. The predicted octanol–water partition coefficient (Wildman–Crippen LogP) is 4.87. The minimum absolute atomic E-state index is 1.24. The van der Waals surface area contributed by atoms with Crippen molar-refractivity contribution in [2.24, 2.45) is 0 Å². The Hall–Kier alpha value is -3.08. The number of hydrogen-bond donors (Lipinski definition) is 0. The summed E-state index contributed by atoms with van der Waals surface area (Å²) in [4.78, 5) is 0. The summed E-state index contributed by atoms with van der Waals surface area (Å²) < 4.78 is 10.5. The molecule has 0 fully saturated rings. The van der Waals surface area contributed by atoms with Crippen molar-refractivity contribution < 1.29 is 0 Å². The van der Waals surface area contributed by atoms with E-state index < -0.39 is 36.8 Å². The molecule has 0 N–H and O–H groups in total. The van der Waals surface area contributed by atoms with Crippen molar-refractivity contribution in [2.75, 3.05) is 0 Å². The molecule has 0 saturated carbocycles. The Morgan fingerprint density at radius 1 is 0.231 bits per heavy atom. The Balaban J connectivity index is 1.76. The first-order valence-corrected chi connectivity index (χ1v) is 26.3. The van der Waals surface area contributed by atoms with Crippen molar-refractivity contribution in [2.45, 2.75) is 2.45 Å². The van der Waals surface area contributed by atoms with Crippen molar-refractivity contribution in [3.8, 4) is 0 Å². The third-order valence-electron chi connectivity index (χ3n) is 8.13. The maximum atomic E-state index is 2.42. The first-order chi connectivity index (χ1) is 19.3. The SMILES string of the molecule is c1cc[c]([Sn]([CH2][Sn]([c]2ccccc2)([c]2ccccc2)[c]2ccccc2)([c]2ccccc2)[c]2ccccc2)cc1. The second-order valence-electron chi connectivity index (χ2n) is 10.2. The molecule has 0 saturated heterocycles. The molecule has 0 radical (unpaired) electrons. The molecule has 0 aromatic heterocycles. The molecule has 2 heteroatoms. The first-order valence-electron chi connectivity index (χ1n) is 13.7. The average Bonchev–Trinajstić information content (AvgIpc) is 3.04. The van der Waals surface area contributed by atoms with Gasteiger partial charge in [-0.2, -0.15) is 0 Å². The van der Waals surface area contributed by atoms with Gasteiger partial charge < -0.3 is 0 Å². The molecule has 0 bridgehead atoms. The van der Waals surface area contributed by atoms with E-state index in [1.54, 1.807) is 21.5 Å². The van der Waals surface area contributed by atoms with Crippen LogP contribution in [0.15, 0.2) is 182 Å². The number of rotatable bonds is 8. The second-order valence-corrected chi connectivity index (χ2v) is 38.2. The molecule has 0 spiro atoms. The zero-order chi connectivity index (χ0) is 26.4. The summed E-state index contributed by atoms with van der Waals surface area (Å²) in [6.45, 7) is 0. The van der Waals surface area contributed by atoms with E-state index >= 15 is 0 Å². The predicted molar refractivity (Wildman–Crippen MR) is 173 cm³/mol. The van der Waals surface area contributed by atoms with Gasteiger partial charge in [0, 0.05) is 0 Å². The van der Waals surface area contributed by atoms with E-state index in [0.717, 1.165) is 0 Å². The van der Waals surface area contributed by atoms with Gasteiger partial charge in [-0.3, -0.25) is 0 Å². The normalized spacial score (nSPS) is 11.7. The Morgan fingerprint density at radius 3 is 0.538 bits per heavy atom. The van der Waals surface area contributed by atoms with Crippen LogP contribution in [0.3, 0.4) is 0 Å². The van der Waals surface area contributed by atoms with Crippen LogP contribution in [0.2, 0.25) is 2.45 Å². The van der Waals surface area contributed by atoms with Gasteiger partial charge in [0.2, 0.25) is 0 Å². The molecule has 0 aliphatic carbocycles. The molecule has 0 aliphatic rings. The van der Waals surface area contributed by atoms with Gasteiger partial charge >= 0.3 is 243 Å². The molecule has 39 heavy (non-hydrogen) atoms. The number of benzene rings is 6. The molecule has 6 aromatic carbocycles. The molecule has 0 heterocycles. The summed E-state index contributed by atoms with van der Waals surface area (Å²) >= 11 is -7.26. The van der Waals surface area contributed by atoms with Crippen molar-refractivity contribution in [1.82, 2.24) is 0 Å². The van der Waals surface area contributed by atoms with Gasteiger partial charge in [0.1, 0.15) is 0 Å². The topological polar surface area (TPSA) is 0 Å². The average molecular weight is 714 g/mol. The van der Waals surface area contributed by atoms with E-state index in [0.29, 0.717) is 0 Å². The standard InChI is InChI=1S/6C6H5.CH2.2Sn/c6*1-2-4-6-5-3-1;;;/h6*1-5H;1H2;;. The zero-order valence-corrected chi connectivity index (χ0v) is 27.7. The van der Waals surface area contributed by atoms with E-state index in [2.05, 4.69) is 182 Å². The molecule has 0 aliphatic heterocycles. The van der Waals surface area contributed by atoms with E-state index in [9.17, 15) is 0 Å². The summed E-state index contributed by atoms with van der Waals surface area (Å²) in [6, 6.07) is 69.1. The third-order valence-corrected chi connectivity index (χ3v) is 54.1. The van der Waals surface area contributed by atoms with E-state index in [1.807, 2.05) is 0 Å². The van der Waals surface area contributed by atoms with Gasteiger partial charge in [0.15, 0.2) is 0 Å². The Kier molecular flexibility index (Phi) is 8.03. The summed E-state index contributed by atoms with van der Waals surface area (Å²) in [7, 11) is 0. The molecular formula is C37H32Sn2. The molecule has 6 aromatic rings. The molecule has 0 amide bonds.